The van der Waals surface area contributed by atoms with Crippen molar-refractivity contribution in [2.75, 3.05) is 13.1 Å². The van der Waals surface area contributed by atoms with Crippen molar-refractivity contribution in [3.05, 3.63) is 0 Å². The maximum absolute atomic E-state index is 2.42. The summed E-state index contributed by atoms with van der Waals surface area (Å²) >= 11 is 0. The molecule has 1 rings (SSSR count). The van der Waals surface area contributed by atoms with E-state index in [-0.39, 0.29) is 24.8 Å². The summed E-state index contributed by atoms with van der Waals surface area (Å²) in [5.41, 5.74) is 0. The molecule has 0 unspecified atom stereocenters. The van der Waals surface area contributed by atoms with Gasteiger partial charge >= 0.3 is 0 Å². The highest BCUT2D eigenvalue weighted by molar-refractivity contribution is 4.42. The molecular formula is C6H14Cl2N-. The van der Waals surface area contributed by atoms with E-state index in [1.165, 1.54) is 38.8 Å². The Hall–Kier alpha value is 0.540. The van der Waals surface area contributed by atoms with Crippen LogP contribution in [0.2, 0.25) is 0 Å². The molecule has 58 valence electrons. The fourth-order valence-electron chi connectivity index (χ4n) is 1.08. The maximum Gasteiger partial charge on any atom is 0.0755 e. The predicted molar refractivity (Wildman–Crippen MR) is 30.1 cm³/mol. The van der Waals surface area contributed by atoms with Crippen LogP contribution in [0.1, 0.15) is 25.7 Å². The first-order valence-electron chi connectivity index (χ1n) is 3.32. The summed E-state index contributed by atoms with van der Waals surface area (Å²) in [5.74, 6) is 0. The molecule has 1 fully saturated rings. The number of halogens is 2. The Morgan fingerprint density at radius 1 is 0.667 bits per heavy atom. The summed E-state index contributed by atoms with van der Waals surface area (Å²) in [6.07, 6.45) is 5.83. The molecule has 1 nitrogen and oxygen atoms in total. The number of quaternary nitrogens is 1. The zero-order valence-electron chi connectivity index (χ0n) is 5.58. The monoisotopic (exact) mass is 170 g/mol. The van der Waals surface area contributed by atoms with Gasteiger partial charge in [0.2, 0.25) is 0 Å². The van der Waals surface area contributed by atoms with Gasteiger partial charge in [-0.3, -0.25) is 0 Å². The summed E-state index contributed by atoms with van der Waals surface area (Å²) in [5, 5.41) is 2.42. The van der Waals surface area contributed by atoms with E-state index in [0.29, 0.717) is 0 Å². The van der Waals surface area contributed by atoms with Gasteiger partial charge in [0.25, 0.3) is 0 Å². The lowest BCUT2D eigenvalue weighted by Gasteiger charge is -1.88. The van der Waals surface area contributed by atoms with E-state index in [1.807, 2.05) is 0 Å². The van der Waals surface area contributed by atoms with Crippen molar-refractivity contribution in [2.24, 2.45) is 0 Å². The van der Waals surface area contributed by atoms with Crippen molar-refractivity contribution in [1.29, 1.82) is 0 Å². The van der Waals surface area contributed by atoms with Gasteiger partial charge in [0.1, 0.15) is 0 Å². The highest BCUT2D eigenvalue weighted by atomic mass is 35.5. The summed E-state index contributed by atoms with van der Waals surface area (Å²) in [6.45, 7) is 2.75. The van der Waals surface area contributed by atoms with Crippen LogP contribution < -0.4 is 30.1 Å². The van der Waals surface area contributed by atoms with Gasteiger partial charge in [-0.25, -0.2) is 0 Å². The molecule has 0 aliphatic carbocycles. The van der Waals surface area contributed by atoms with Crippen LogP contribution in [0, 0.1) is 0 Å². The van der Waals surface area contributed by atoms with Gasteiger partial charge in [-0.05, 0) is 25.7 Å². The van der Waals surface area contributed by atoms with Crippen LogP contribution in [0.4, 0.5) is 0 Å². The smallest absolute Gasteiger partial charge is 0.0755 e. The molecule has 0 saturated carbocycles. The highest BCUT2D eigenvalue weighted by Crippen LogP contribution is 1.97. The molecule has 0 atom stereocenters. The molecule has 0 amide bonds. The van der Waals surface area contributed by atoms with Crippen molar-refractivity contribution < 1.29 is 30.1 Å². The van der Waals surface area contributed by atoms with E-state index in [2.05, 4.69) is 5.32 Å². The molecule has 0 aromatic carbocycles. The third-order valence-electron chi connectivity index (χ3n) is 1.57. The van der Waals surface area contributed by atoms with E-state index in [1.54, 1.807) is 0 Å². The minimum Gasteiger partial charge on any atom is -1.00 e. The highest BCUT2D eigenvalue weighted by Gasteiger charge is 1.97. The first-order chi connectivity index (χ1) is 3.50. The van der Waals surface area contributed by atoms with Crippen molar-refractivity contribution in [3.8, 4) is 0 Å². The lowest BCUT2D eigenvalue weighted by Crippen LogP contribution is -3.00. The maximum atomic E-state index is 2.42. The predicted octanol–water partition coefficient (Wildman–Crippen LogP) is -5.87. The second kappa shape index (κ2) is 8.54. The molecule has 0 aromatic rings. The standard InChI is InChI=1S/C6H13N.2ClH/c1-2-4-6-7-5-3-1;;/h7H,1-6H2;2*1H/p-1. The second-order valence-electron chi connectivity index (χ2n) is 2.28. The van der Waals surface area contributed by atoms with Gasteiger partial charge in [0, 0.05) is 0 Å². The molecule has 3 heteroatoms. The summed E-state index contributed by atoms with van der Waals surface area (Å²) in [6, 6.07) is 0. The molecule has 0 spiro atoms. The van der Waals surface area contributed by atoms with Gasteiger partial charge in [0.15, 0.2) is 0 Å². The normalized spacial score (nSPS) is 18.7. The Morgan fingerprint density at radius 2 is 1.11 bits per heavy atom. The molecule has 0 aromatic heterocycles. The van der Waals surface area contributed by atoms with Crippen molar-refractivity contribution >= 4 is 0 Å². The lowest BCUT2D eigenvalue weighted by molar-refractivity contribution is -0.653. The molecular weight excluding hydrogens is 157 g/mol. The van der Waals surface area contributed by atoms with Crippen molar-refractivity contribution in [1.82, 2.24) is 0 Å². The van der Waals surface area contributed by atoms with E-state index >= 15 is 0 Å². The third-order valence-corrected chi connectivity index (χ3v) is 1.57. The largest absolute Gasteiger partial charge is 1.00 e. The summed E-state index contributed by atoms with van der Waals surface area (Å²) in [4.78, 5) is 0. The van der Waals surface area contributed by atoms with Crippen LogP contribution in [0.5, 0.6) is 0 Å². The van der Waals surface area contributed by atoms with E-state index < -0.39 is 0 Å². The molecule has 9 heavy (non-hydrogen) atoms. The van der Waals surface area contributed by atoms with Gasteiger partial charge < -0.3 is 30.1 Å². The minimum atomic E-state index is 0. The summed E-state index contributed by atoms with van der Waals surface area (Å²) < 4.78 is 0. The van der Waals surface area contributed by atoms with E-state index in [0.717, 1.165) is 0 Å². The first-order valence-corrected chi connectivity index (χ1v) is 3.32. The quantitative estimate of drug-likeness (QED) is 0.374. The molecule has 0 bridgehead atoms. The Balaban J connectivity index is 0. The Bertz CT molecular complexity index is 30.7. The second-order valence-corrected chi connectivity index (χ2v) is 2.28. The van der Waals surface area contributed by atoms with Crippen LogP contribution in [0.3, 0.4) is 0 Å². The van der Waals surface area contributed by atoms with Gasteiger partial charge in [-0.2, -0.15) is 0 Å². The number of hydrogen-bond acceptors (Lipinski definition) is 0. The zero-order valence-corrected chi connectivity index (χ0v) is 7.09. The SMILES string of the molecule is C1CCC[NH2+]CC1.[Cl-].[Cl-]. The fraction of sp³-hybridized carbons (Fsp3) is 1.00. The van der Waals surface area contributed by atoms with Crippen molar-refractivity contribution in [2.45, 2.75) is 25.7 Å². The molecule has 1 aliphatic rings. The number of hydrogen-bond donors (Lipinski definition) is 1. The van der Waals surface area contributed by atoms with Crippen LogP contribution >= 0.6 is 0 Å². The average Bonchev–Trinajstić information content (AvgIpc) is 1.90. The molecule has 1 heterocycles. The third kappa shape index (κ3) is 6.42. The molecule has 1 aliphatic heterocycles. The van der Waals surface area contributed by atoms with Crippen LogP contribution in [0.15, 0.2) is 0 Å². The number of nitrogens with two attached hydrogens (primary N) is 1. The first kappa shape index (κ1) is 12.2. The number of rotatable bonds is 0. The molecule has 1 saturated heterocycles. The lowest BCUT2D eigenvalue weighted by atomic mass is 10.2. The van der Waals surface area contributed by atoms with Crippen LogP contribution in [-0.4, -0.2) is 13.1 Å². The van der Waals surface area contributed by atoms with E-state index in [4.69, 9.17) is 0 Å². The van der Waals surface area contributed by atoms with Crippen LogP contribution in [-0.2, 0) is 0 Å². The topological polar surface area (TPSA) is 16.6 Å². The minimum absolute atomic E-state index is 0. The Labute approximate surface area is 69.4 Å². The fourth-order valence-corrected chi connectivity index (χ4v) is 1.08. The van der Waals surface area contributed by atoms with Gasteiger partial charge in [-0.15, -0.1) is 0 Å². The molecule has 2 N–H and O–H groups in total. The molecule has 0 radical (unpaired) electrons. The van der Waals surface area contributed by atoms with Gasteiger partial charge in [0.05, 0.1) is 13.1 Å². The van der Waals surface area contributed by atoms with Crippen molar-refractivity contribution in [3.63, 3.8) is 0 Å². The Morgan fingerprint density at radius 3 is 1.56 bits per heavy atom. The van der Waals surface area contributed by atoms with Crippen LogP contribution in [0.25, 0.3) is 0 Å². The average molecular weight is 171 g/mol. The van der Waals surface area contributed by atoms with E-state index in [9.17, 15) is 0 Å². The zero-order chi connectivity index (χ0) is 4.95. The summed E-state index contributed by atoms with van der Waals surface area (Å²) in [7, 11) is 0. The Kier molecular flexibility index (Phi) is 11.6. The van der Waals surface area contributed by atoms with Gasteiger partial charge in [-0.1, -0.05) is 0 Å².